The zero-order valence-electron chi connectivity index (χ0n) is 10.6. The average molecular weight is 264 g/mol. The highest BCUT2D eigenvalue weighted by atomic mass is 16.1. The molecule has 0 atom stereocenters. The van der Waals surface area contributed by atoms with E-state index in [1.54, 1.807) is 24.7 Å². The Balaban J connectivity index is 1.98. The summed E-state index contributed by atoms with van der Waals surface area (Å²) in [5.74, 6) is -0.285. The lowest BCUT2D eigenvalue weighted by Crippen LogP contribution is -2.14. The average Bonchev–Trinajstić information content (AvgIpc) is 2.48. The molecule has 0 aliphatic carbocycles. The predicted molar refractivity (Wildman–Crippen MR) is 78.3 cm³/mol. The molecule has 0 unspecified atom stereocenters. The second-order valence-electron chi connectivity index (χ2n) is 4.32. The van der Waals surface area contributed by atoms with Gasteiger partial charge in [-0.15, -0.1) is 0 Å². The van der Waals surface area contributed by atoms with Gasteiger partial charge in [-0.1, -0.05) is 12.1 Å². The zero-order chi connectivity index (χ0) is 13.9. The van der Waals surface area contributed by atoms with Gasteiger partial charge >= 0.3 is 0 Å². The van der Waals surface area contributed by atoms with Gasteiger partial charge in [-0.2, -0.15) is 0 Å². The van der Waals surface area contributed by atoms with Crippen LogP contribution in [-0.2, 0) is 0 Å². The molecular formula is C15H12N4O. The van der Waals surface area contributed by atoms with Gasteiger partial charge in [0, 0.05) is 35.9 Å². The van der Waals surface area contributed by atoms with Gasteiger partial charge in [0.25, 0.3) is 5.91 Å². The van der Waals surface area contributed by atoms with Crippen LogP contribution >= 0.6 is 0 Å². The van der Waals surface area contributed by atoms with Gasteiger partial charge in [0.05, 0.1) is 11.3 Å². The standard InChI is InChI=1S/C15H12N4O/c16-13-5-7-18-9-12(13)15(20)19-14-3-1-2-10-4-6-17-8-11(10)14/h1-9H,(H2,16,18)(H,19,20). The molecule has 3 aromatic rings. The summed E-state index contributed by atoms with van der Waals surface area (Å²) in [6.45, 7) is 0. The van der Waals surface area contributed by atoms with Gasteiger partial charge in [0.1, 0.15) is 0 Å². The second-order valence-corrected chi connectivity index (χ2v) is 4.32. The first-order chi connectivity index (χ1) is 9.75. The van der Waals surface area contributed by atoms with Crippen LogP contribution in [0.4, 0.5) is 11.4 Å². The van der Waals surface area contributed by atoms with E-state index in [1.807, 2.05) is 24.3 Å². The molecule has 20 heavy (non-hydrogen) atoms. The Morgan fingerprint density at radius 1 is 1.05 bits per heavy atom. The molecule has 0 fully saturated rings. The summed E-state index contributed by atoms with van der Waals surface area (Å²) in [4.78, 5) is 20.2. The lowest BCUT2D eigenvalue weighted by Gasteiger charge is -2.09. The monoisotopic (exact) mass is 264 g/mol. The maximum absolute atomic E-state index is 12.2. The van der Waals surface area contributed by atoms with Crippen molar-refractivity contribution in [2.45, 2.75) is 0 Å². The lowest BCUT2D eigenvalue weighted by atomic mass is 10.1. The van der Waals surface area contributed by atoms with Crippen molar-refractivity contribution in [1.82, 2.24) is 9.97 Å². The number of nitrogens with zero attached hydrogens (tertiary/aromatic N) is 2. The third-order valence-corrected chi connectivity index (χ3v) is 3.03. The largest absolute Gasteiger partial charge is 0.398 e. The molecular weight excluding hydrogens is 252 g/mol. The van der Waals surface area contributed by atoms with Gasteiger partial charge in [0.15, 0.2) is 0 Å². The van der Waals surface area contributed by atoms with Crippen molar-refractivity contribution in [3.63, 3.8) is 0 Å². The molecule has 3 N–H and O–H groups in total. The van der Waals surface area contributed by atoms with Crippen LogP contribution in [0.5, 0.6) is 0 Å². The van der Waals surface area contributed by atoms with Crippen LogP contribution in [0, 0.1) is 0 Å². The minimum atomic E-state index is -0.285. The number of pyridine rings is 2. The van der Waals surface area contributed by atoms with Crippen molar-refractivity contribution < 1.29 is 4.79 Å². The van der Waals surface area contributed by atoms with E-state index in [2.05, 4.69) is 15.3 Å². The summed E-state index contributed by atoms with van der Waals surface area (Å²) >= 11 is 0. The molecule has 3 rings (SSSR count). The van der Waals surface area contributed by atoms with Crippen molar-refractivity contribution in [3.8, 4) is 0 Å². The van der Waals surface area contributed by atoms with Crippen molar-refractivity contribution >= 4 is 28.1 Å². The summed E-state index contributed by atoms with van der Waals surface area (Å²) in [6, 6.07) is 9.16. The van der Waals surface area contributed by atoms with Crippen molar-refractivity contribution in [3.05, 3.63) is 60.7 Å². The van der Waals surface area contributed by atoms with Crippen molar-refractivity contribution in [2.75, 3.05) is 11.1 Å². The molecule has 2 aromatic heterocycles. The number of amides is 1. The number of hydrogen-bond acceptors (Lipinski definition) is 4. The van der Waals surface area contributed by atoms with Crippen LogP contribution in [0.1, 0.15) is 10.4 Å². The molecule has 5 nitrogen and oxygen atoms in total. The fourth-order valence-electron chi connectivity index (χ4n) is 2.01. The van der Waals surface area contributed by atoms with Crippen LogP contribution in [0.15, 0.2) is 55.1 Å². The van der Waals surface area contributed by atoms with E-state index in [0.717, 1.165) is 10.8 Å². The Kier molecular flexibility index (Phi) is 3.01. The normalized spacial score (nSPS) is 10.4. The fourth-order valence-corrected chi connectivity index (χ4v) is 2.01. The highest BCUT2D eigenvalue weighted by molar-refractivity contribution is 6.11. The molecule has 0 aliphatic heterocycles. The number of nitrogens with two attached hydrogens (primary N) is 1. The third kappa shape index (κ3) is 2.16. The van der Waals surface area contributed by atoms with Crippen molar-refractivity contribution in [2.24, 2.45) is 0 Å². The van der Waals surface area contributed by atoms with E-state index in [1.165, 1.54) is 6.20 Å². The number of nitrogen functional groups attached to an aromatic ring is 1. The molecule has 0 saturated heterocycles. The molecule has 1 amide bonds. The number of fused-ring (bicyclic) bond motifs is 1. The highest BCUT2D eigenvalue weighted by Crippen LogP contribution is 2.23. The number of aromatic nitrogens is 2. The van der Waals surface area contributed by atoms with Crippen LogP contribution in [0.25, 0.3) is 10.8 Å². The van der Waals surface area contributed by atoms with Crippen LogP contribution in [0.2, 0.25) is 0 Å². The number of nitrogens with one attached hydrogen (secondary N) is 1. The Morgan fingerprint density at radius 3 is 2.70 bits per heavy atom. The number of rotatable bonds is 2. The second kappa shape index (κ2) is 4.97. The Bertz CT molecular complexity index is 780. The summed E-state index contributed by atoms with van der Waals surface area (Å²) in [5.41, 5.74) is 7.23. The third-order valence-electron chi connectivity index (χ3n) is 3.03. The molecule has 98 valence electrons. The van der Waals surface area contributed by atoms with Crippen LogP contribution in [0.3, 0.4) is 0 Å². The number of carbonyl (C=O) groups is 1. The summed E-state index contributed by atoms with van der Waals surface area (Å²) < 4.78 is 0. The number of benzene rings is 1. The quantitative estimate of drug-likeness (QED) is 0.745. The first-order valence-corrected chi connectivity index (χ1v) is 6.09. The molecule has 0 saturated carbocycles. The van der Waals surface area contributed by atoms with Crippen LogP contribution in [-0.4, -0.2) is 15.9 Å². The van der Waals surface area contributed by atoms with E-state index >= 15 is 0 Å². The maximum Gasteiger partial charge on any atom is 0.259 e. The number of anilines is 2. The minimum Gasteiger partial charge on any atom is -0.398 e. The first kappa shape index (κ1) is 12.1. The molecule has 0 radical (unpaired) electrons. The summed E-state index contributed by atoms with van der Waals surface area (Å²) in [6.07, 6.45) is 6.44. The van der Waals surface area contributed by atoms with Gasteiger partial charge in [0.2, 0.25) is 0 Å². The molecule has 0 aliphatic rings. The van der Waals surface area contributed by atoms with E-state index < -0.39 is 0 Å². The van der Waals surface area contributed by atoms with Crippen LogP contribution < -0.4 is 11.1 Å². The van der Waals surface area contributed by atoms with Gasteiger partial charge < -0.3 is 11.1 Å². The molecule has 1 aromatic carbocycles. The molecule has 0 bridgehead atoms. The Morgan fingerprint density at radius 2 is 1.85 bits per heavy atom. The summed E-state index contributed by atoms with van der Waals surface area (Å²) in [7, 11) is 0. The minimum absolute atomic E-state index is 0.285. The van der Waals surface area contributed by atoms with Gasteiger partial charge in [-0.3, -0.25) is 14.8 Å². The number of hydrogen-bond donors (Lipinski definition) is 2. The molecule has 2 heterocycles. The zero-order valence-corrected chi connectivity index (χ0v) is 10.6. The Hall–Kier alpha value is -2.95. The first-order valence-electron chi connectivity index (χ1n) is 6.09. The van der Waals surface area contributed by atoms with E-state index in [9.17, 15) is 4.79 Å². The Labute approximate surface area is 115 Å². The molecule has 5 heteroatoms. The van der Waals surface area contributed by atoms with E-state index in [-0.39, 0.29) is 5.91 Å². The molecule has 0 spiro atoms. The lowest BCUT2D eigenvalue weighted by molar-refractivity contribution is 0.102. The van der Waals surface area contributed by atoms with E-state index in [0.29, 0.717) is 16.9 Å². The van der Waals surface area contributed by atoms with Gasteiger partial charge in [-0.05, 0) is 23.6 Å². The topological polar surface area (TPSA) is 80.9 Å². The van der Waals surface area contributed by atoms with Gasteiger partial charge in [-0.25, -0.2) is 0 Å². The smallest absolute Gasteiger partial charge is 0.259 e. The summed E-state index contributed by atoms with van der Waals surface area (Å²) in [5, 5.41) is 4.73. The maximum atomic E-state index is 12.2. The highest BCUT2D eigenvalue weighted by Gasteiger charge is 2.11. The van der Waals surface area contributed by atoms with Crippen molar-refractivity contribution in [1.29, 1.82) is 0 Å². The fraction of sp³-hybridized carbons (Fsp3) is 0. The SMILES string of the molecule is Nc1ccncc1C(=O)Nc1cccc2ccncc12. The number of carbonyl (C=O) groups excluding carboxylic acids is 1. The van der Waals surface area contributed by atoms with E-state index in [4.69, 9.17) is 5.73 Å². The predicted octanol–water partition coefficient (Wildman–Crippen LogP) is 2.46.